The summed E-state index contributed by atoms with van der Waals surface area (Å²) in [5.41, 5.74) is 0.773. The van der Waals surface area contributed by atoms with Crippen molar-refractivity contribution in [3.63, 3.8) is 0 Å². The third-order valence-corrected chi connectivity index (χ3v) is 5.27. The predicted molar refractivity (Wildman–Crippen MR) is 89.1 cm³/mol. The summed E-state index contributed by atoms with van der Waals surface area (Å²) >= 11 is 2.09. The fourth-order valence-corrected chi connectivity index (χ4v) is 3.40. The van der Waals surface area contributed by atoms with Gasteiger partial charge >= 0.3 is 0 Å². The molecule has 1 aromatic carbocycles. The van der Waals surface area contributed by atoms with Crippen molar-refractivity contribution >= 4 is 22.6 Å². The van der Waals surface area contributed by atoms with Crippen LogP contribution in [0.1, 0.15) is 50.8 Å². The maximum absolute atomic E-state index is 9.79. The molecule has 0 bridgehead atoms. The molecule has 1 aromatic heterocycles. The molecule has 0 spiro atoms. The van der Waals surface area contributed by atoms with Gasteiger partial charge in [0, 0.05) is 11.5 Å². The molecular weight excluding hydrogens is 379 g/mol. The van der Waals surface area contributed by atoms with Crippen molar-refractivity contribution in [2.75, 3.05) is 0 Å². The van der Waals surface area contributed by atoms with E-state index in [1.807, 2.05) is 12.1 Å². The Bertz CT molecular complexity index is 626. The van der Waals surface area contributed by atoms with E-state index in [0.29, 0.717) is 11.8 Å². The Morgan fingerprint density at radius 3 is 3.00 bits per heavy atom. The van der Waals surface area contributed by atoms with E-state index in [1.54, 1.807) is 6.07 Å². The van der Waals surface area contributed by atoms with Crippen LogP contribution in [-0.2, 0) is 0 Å². The Morgan fingerprint density at radius 2 is 2.24 bits per heavy atom. The van der Waals surface area contributed by atoms with E-state index in [-0.39, 0.29) is 5.75 Å². The molecule has 1 fully saturated rings. The van der Waals surface area contributed by atoms with Gasteiger partial charge in [-0.1, -0.05) is 31.3 Å². The fourth-order valence-electron chi connectivity index (χ4n) is 3.06. The molecule has 1 N–H and O–H groups in total. The number of benzene rings is 1. The van der Waals surface area contributed by atoms with Crippen molar-refractivity contribution in [1.29, 1.82) is 0 Å². The van der Waals surface area contributed by atoms with Crippen LogP contribution in [0.25, 0.3) is 11.5 Å². The monoisotopic (exact) mass is 398 g/mol. The molecule has 1 heterocycles. The number of halogens is 1. The molecule has 0 radical (unpaired) electrons. The molecule has 0 amide bonds. The van der Waals surface area contributed by atoms with Gasteiger partial charge in [0.15, 0.2) is 5.82 Å². The molecule has 4 nitrogen and oxygen atoms in total. The standard InChI is InChI=1S/C16H19IN2O2/c1-2-10-4-3-5-11(8-10)15-18-16(21-19-15)12-6-7-13(17)14(20)9-12/h6-7,9-11,20H,2-5,8H2,1H3. The van der Waals surface area contributed by atoms with E-state index in [4.69, 9.17) is 4.52 Å². The Labute approximate surface area is 138 Å². The molecule has 0 aliphatic heterocycles. The third kappa shape index (κ3) is 3.22. The van der Waals surface area contributed by atoms with Crippen LogP contribution in [-0.4, -0.2) is 15.2 Å². The molecule has 2 unspecified atom stereocenters. The van der Waals surface area contributed by atoms with Gasteiger partial charge in [-0.15, -0.1) is 0 Å². The fraction of sp³-hybridized carbons (Fsp3) is 0.500. The van der Waals surface area contributed by atoms with Crippen LogP contribution in [0.2, 0.25) is 0 Å². The molecule has 5 heteroatoms. The number of phenolic OH excluding ortho intramolecular Hbond substituents is 1. The van der Waals surface area contributed by atoms with Crippen LogP contribution in [0.15, 0.2) is 22.7 Å². The van der Waals surface area contributed by atoms with Crippen molar-refractivity contribution in [3.8, 4) is 17.2 Å². The minimum Gasteiger partial charge on any atom is -0.507 e. The Hall–Kier alpha value is -1.11. The molecule has 3 rings (SSSR count). The van der Waals surface area contributed by atoms with Gasteiger partial charge in [0.25, 0.3) is 5.89 Å². The summed E-state index contributed by atoms with van der Waals surface area (Å²) in [6.45, 7) is 2.25. The van der Waals surface area contributed by atoms with Gasteiger partial charge in [0.05, 0.1) is 3.57 Å². The lowest BCUT2D eigenvalue weighted by Gasteiger charge is -2.26. The normalized spacial score (nSPS) is 22.4. The minimum atomic E-state index is 0.247. The molecule has 2 aromatic rings. The lowest BCUT2D eigenvalue weighted by Crippen LogP contribution is -2.14. The van der Waals surface area contributed by atoms with Crippen molar-refractivity contribution in [2.45, 2.75) is 44.9 Å². The van der Waals surface area contributed by atoms with Crippen LogP contribution in [0.4, 0.5) is 0 Å². The molecule has 1 saturated carbocycles. The van der Waals surface area contributed by atoms with Crippen LogP contribution < -0.4 is 0 Å². The van der Waals surface area contributed by atoms with Crippen molar-refractivity contribution in [3.05, 3.63) is 27.6 Å². The Morgan fingerprint density at radius 1 is 1.38 bits per heavy atom. The highest BCUT2D eigenvalue weighted by atomic mass is 127. The molecule has 1 aliphatic rings. The SMILES string of the molecule is CCC1CCCC(c2noc(-c3ccc(I)c(O)c3)n2)C1. The van der Waals surface area contributed by atoms with E-state index in [0.717, 1.165) is 33.7 Å². The van der Waals surface area contributed by atoms with Gasteiger partial charge < -0.3 is 9.63 Å². The zero-order chi connectivity index (χ0) is 14.8. The van der Waals surface area contributed by atoms with E-state index >= 15 is 0 Å². The second-order valence-electron chi connectivity index (χ2n) is 5.76. The van der Waals surface area contributed by atoms with E-state index in [9.17, 15) is 5.11 Å². The first-order valence-electron chi connectivity index (χ1n) is 7.50. The molecule has 112 valence electrons. The summed E-state index contributed by atoms with van der Waals surface area (Å²) in [6.07, 6.45) is 6.10. The Balaban J connectivity index is 1.81. The van der Waals surface area contributed by atoms with E-state index < -0.39 is 0 Å². The maximum Gasteiger partial charge on any atom is 0.258 e. The van der Waals surface area contributed by atoms with Crippen LogP contribution >= 0.6 is 22.6 Å². The average Bonchev–Trinajstić information content (AvgIpc) is 3.00. The summed E-state index contributed by atoms with van der Waals surface area (Å²) in [4.78, 5) is 4.55. The summed E-state index contributed by atoms with van der Waals surface area (Å²) in [5.74, 6) is 2.76. The van der Waals surface area contributed by atoms with Crippen LogP contribution in [0.5, 0.6) is 5.75 Å². The largest absolute Gasteiger partial charge is 0.507 e. The summed E-state index contributed by atoms with van der Waals surface area (Å²) in [5, 5.41) is 14.0. The lowest BCUT2D eigenvalue weighted by molar-refractivity contribution is 0.300. The van der Waals surface area contributed by atoms with E-state index in [2.05, 4.69) is 39.7 Å². The summed E-state index contributed by atoms with van der Waals surface area (Å²) in [6, 6.07) is 5.42. The van der Waals surface area contributed by atoms with Gasteiger partial charge in [-0.3, -0.25) is 0 Å². The van der Waals surface area contributed by atoms with Crippen molar-refractivity contribution < 1.29 is 9.63 Å². The topological polar surface area (TPSA) is 59.2 Å². The highest BCUT2D eigenvalue weighted by Gasteiger charge is 2.26. The van der Waals surface area contributed by atoms with Crippen LogP contribution in [0.3, 0.4) is 0 Å². The molecule has 1 aliphatic carbocycles. The molecule has 21 heavy (non-hydrogen) atoms. The summed E-state index contributed by atoms with van der Waals surface area (Å²) in [7, 11) is 0. The number of phenols is 1. The zero-order valence-electron chi connectivity index (χ0n) is 12.1. The van der Waals surface area contributed by atoms with Gasteiger partial charge in [-0.05, 0) is 59.5 Å². The smallest absolute Gasteiger partial charge is 0.258 e. The highest BCUT2D eigenvalue weighted by molar-refractivity contribution is 14.1. The molecular formula is C16H19IN2O2. The molecule has 2 atom stereocenters. The van der Waals surface area contributed by atoms with Crippen molar-refractivity contribution in [2.24, 2.45) is 5.92 Å². The predicted octanol–water partition coefficient (Wildman–Crippen LogP) is 4.73. The number of hydrogen-bond donors (Lipinski definition) is 1. The van der Waals surface area contributed by atoms with Crippen molar-refractivity contribution in [1.82, 2.24) is 10.1 Å². The summed E-state index contributed by atoms with van der Waals surface area (Å²) < 4.78 is 6.21. The first kappa shape index (κ1) is 14.8. The zero-order valence-corrected chi connectivity index (χ0v) is 14.2. The quantitative estimate of drug-likeness (QED) is 0.760. The van der Waals surface area contributed by atoms with Crippen LogP contribution in [0, 0.1) is 9.49 Å². The number of nitrogens with zero attached hydrogens (tertiary/aromatic N) is 2. The third-order valence-electron chi connectivity index (χ3n) is 4.36. The Kier molecular flexibility index (Phi) is 4.47. The van der Waals surface area contributed by atoms with E-state index in [1.165, 1.54) is 19.3 Å². The van der Waals surface area contributed by atoms with Gasteiger partial charge in [0.2, 0.25) is 0 Å². The first-order chi connectivity index (χ1) is 10.2. The second-order valence-corrected chi connectivity index (χ2v) is 6.92. The van der Waals surface area contributed by atoms with Gasteiger partial charge in [0.1, 0.15) is 5.75 Å². The van der Waals surface area contributed by atoms with Gasteiger partial charge in [-0.2, -0.15) is 4.98 Å². The highest BCUT2D eigenvalue weighted by Crippen LogP contribution is 2.37. The first-order valence-corrected chi connectivity index (χ1v) is 8.57. The minimum absolute atomic E-state index is 0.247. The lowest BCUT2D eigenvalue weighted by atomic mass is 9.80. The number of aromatic hydroxyl groups is 1. The number of hydrogen-bond acceptors (Lipinski definition) is 4. The number of rotatable bonds is 3. The second kappa shape index (κ2) is 6.34. The maximum atomic E-state index is 9.79. The number of aromatic nitrogens is 2. The average molecular weight is 398 g/mol. The molecule has 0 saturated heterocycles. The van der Waals surface area contributed by atoms with Gasteiger partial charge in [-0.25, -0.2) is 0 Å².